The minimum Gasteiger partial charge on any atom is -0.273 e. The molecule has 0 aromatic carbocycles. The van der Waals surface area contributed by atoms with Gasteiger partial charge >= 0.3 is 0 Å². The number of hydrogen-bond donors (Lipinski definition) is 2. The number of hydrazine groups is 1. The number of carbonyl (C=O) groups excluding carboxylic acids is 2. The molecule has 1 aromatic heterocycles. The Morgan fingerprint density at radius 2 is 2.23 bits per heavy atom. The molecular formula is C8H10N2O2S. The van der Waals surface area contributed by atoms with Crippen LogP contribution in [0.5, 0.6) is 0 Å². The van der Waals surface area contributed by atoms with E-state index in [1.807, 2.05) is 0 Å². The molecule has 1 rings (SSSR count). The van der Waals surface area contributed by atoms with Crippen LogP contribution in [0.3, 0.4) is 0 Å². The second-order valence-electron chi connectivity index (χ2n) is 2.37. The van der Waals surface area contributed by atoms with Crippen LogP contribution in [0.25, 0.3) is 0 Å². The second kappa shape index (κ2) is 4.61. The first-order valence-corrected chi connectivity index (χ1v) is 4.79. The topological polar surface area (TPSA) is 58.2 Å². The summed E-state index contributed by atoms with van der Waals surface area (Å²) in [6, 6.07) is 1.69. The molecule has 0 unspecified atom stereocenters. The number of rotatable bonds is 2. The molecule has 4 nitrogen and oxygen atoms in total. The maximum Gasteiger partial charge on any atom is 0.270 e. The van der Waals surface area contributed by atoms with Gasteiger partial charge in [0.05, 0.1) is 5.56 Å². The molecule has 2 amide bonds. The van der Waals surface area contributed by atoms with E-state index in [9.17, 15) is 9.59 Å². The first-order chi connectivity index (χ1) is 6.24. The lowest BCUT2D eigenvalue weighted by Gasteiger charge is -2.03. The zero-order chi connectivity index (χ0) is 9.68. The van der Waals surface area contributed by atoms with Crippen molar-refractivity contribution in [2.75, 3.05) is 0 Å². The van der Waals surface area contributed by atoms with E-state index in [-0.39, 0.29) is 11.8 Å². The van der Waals surface area contributed by atoms with Gasteiger partial charge in [0.25, 0.3) is 5.91 Å². The van der Waals surface area contributed by atoms with Gasteiger partial charge in [-0.05, 0) is 11.4 Å². The molecule has 5 heteroatoms. The van der Waals surface area contributed by atoms with Gasteiger partial charge in [0.1, 0.15) is 0 Å². The Labute approximate surface area is 79.9 Å². The Bertz CT molecular complexity index is 295. The molecule has 0 aliphatic rings. The highest BCUT2D eigenvalue weighted by atomic mass is 32.1. The van der Waals surface area contributed by atoms with Crippen LogP contribution in [0.4, 0.5) is 0 Å². The van der Waals surface area contributed by atoms with Gasteiger partial charge in [0.2, 0.25) is 5.91 Å². The van der Waals surface area contributed by atoms with Crippen molar-refractivity contribution in [3.05, 3.63) is 22.4 Å². The minimum absolute atomic E-state index is 0.205. The number of amides is 2. The average Bonchev–Trinajstić information content (AvgIpc) is 2.66. The molecule has 13 heavy (non-hydrogen) atoms. The minimum atomic E-state index is -0.289. The van der Waals surface area contributed by atoms with Crippen molar-refractivity contribution in [1.29, 1.82) is 0 Å². The quantitative estimate of drug-likeness (QED) is 0.694. The van der Waals surface area contributed by atoms with Crippen LogP contribution in [-0.4, -0.2) is 11.8 Å². The largest absolute Gasteiger partial charge is 0.273 e. The maximum atomic E-state index is 11.2. The molecular weight excluding hydrogens is 188 g/mol. The number of carbonyl (C=O) groups is 2. The first-order valence-electron chi connectivity index (χ1n) is 3.85. The third-order valence-electron chi connectivity index (χ3n) is 1.42. The monoisotopic (exact) mass is 198 g/mol. The van der Waals surface area contributed by atoms with Crippen molar-refractivity contribution in [2.45, 2.75) is 13.3 Å². The third kappa shape index (κ3) is 2.87. The summed E-state index contributed by atoms with van der Waals surface area (Å²) in [4.78, 5) is 22.0. The zero-order valence-electron chi connectivity index (χ0n) is 7.16. The number of nitrogens with one attached hydrogen (secondary N) is 2. The lowest BCUT2D eigenvalue weighted by atomic mass is 10.3. The van der Waals surface area contributed by atoms with Crippen molar-refractivity contribution >= 4 is 23.2 Å². The van der Waals surface area contributed by atoms with E-state index in [1.54, 1.807) is 23.8 Å². The van der Waals surface area contributed by atoms with Crippen LogP contribution in [0.15, 0.2) is 16.8 Å². The summed E-state index contributed by atoms with van der Waals surface area (Å²) in [7, 11) is 0. The molecule has 0 aliphatic carbocycles. The molecule has 0 saturated heterocycles. The van der Waals surface area contributed by atoms with Crippen LogP contribution >= 0.6 is 11.3 Å². The number of thiophene rings is 1. The van der Waals surface area contributed by atoms with Crippen molar-refractivity contribution in [2.24, 2.45) is 0 Å². The molecule has 70 valence electrons. The second-order valence-corrected chi connectivity index (χ2v) is 3.15. The van der Waals surface area contributed by atoms with Gasteiger partial charge in [-0.25, -0.2) is 0 Å². The summed E-state index contributed by atoms with van der Waals surface area (Å²) in [5, 5.41) is 3.52. The Morgan fingerprint density at radius 1 is 1.46 bits per heavy atom. The fourth-order valence-corrected chi connectivity index (χ4v) is 1.32. The lowest BCUT2D eigenvalue weighted by molar-refractivity contribution is -0.121. The molecule has 0 radical (unpaired) electrons. The van der Waals surface area contributed by atoms with Crippen molar-refractivity contribution in [3.8, 4) is 0 Å². The van der Waals surface area contributed by atoms with Crippen LogP contribution in [-0.2, 0) is 4.79 Å². The van der Waals surface area contributed by atoms with Gasteiger partial charge in [0.15, 0.2) is 0 Å². The predicted octanol–water partition coefficient (Wildman–Crippen LogP) is 0.919. The first kappa shape index (κ1) is 9.73. The van der Waals surface area contributed by atoms with E-state index in [0.717, 1.165) is 0 Å². The molecule has 0 saturated carbocycles. The number of hydrogen-bond acceptors (Lipinski definition) is 3. The van der Waals surface area contributed by atoms with Crippen LogP contribution in [0, 0.1) is 0 Å². The van der Waals surface area contributed by atoms with E-state index >= 15 is 0 Å². The Hall–Kier alpha value is -1.36. The molecule has 1 aromatic rings. The Balaban J connectivity index is 2.39. The van der Waals surface area contributed by atoms with Gasteiger partial charge in [-0.3, -0.25) is 20.4 Å². The van der Waals surface area contributed by atoms with Crippen molar-refractivity contribution in [3.63, 3.8) is 0 Å². The molecule has 0 fully saturated rings. The fraction of sp³-hybridized carbons (Fsp3) is 0.250. The molecule has 2 N–H and O–H groups in total. The summed E-state index contributed by atoms with van der Waals surface area (Å²) in [6.07, 6.45) is 0.351. The van der Waals surface area contributed by atoms with Crippen LogP contribution in [0.2, 0.25) is 0 Å². The van der Waals surface area contributed by atoms with E-state index in [4.69, 9.17) is 0 Å². The van der Waals surface area contributed by atoms with Gasteiger partial charge in [0, 0.05) is 11.8 Å². The smallest absolute Gasteiger partial charge is 0.270 e. The molecule has 0 spiro atoms. The van der Waals surface area contributed by atoms with Gasteiger partial charge in [-0.1, -0.05) is 6.92 Å². The van der Waals surface area contributed by atoms with Gasteiger partial charge < -0.3 is 0 Å². The maximum absolute atomic E-state index is 11.2. The van der Waals surface area contributed by atoms with E-state index in [2.05, 4.69) is 10.9 Å². The highest BCUT2D eigenvalue weighted by molar-refractivity contribution is 7.08. The van der Waals surface area contributed by atoms with E-state index < -0.39 is 0 Å². The van der Waals surface area contributed by atoms with Crippen LogP contribution < -0.4 is 10.9 Å². The zero-order valence-corrected chi connectivity index (χ0v) is 7.98. The predicted molar refractivity (Wildman–Crippen MR) is 50.2 cm³/mol. The van der Waals surface area contributed by atoms with Gasteiger partial charge in [-0.15, -0.1) is 0 Å². The SMILES string of the molecule is CCC(=O)NNC(=O)c1ccsc1. The summed E-state index contributed by atoms with van der Waals surface area (Å²) in [5.74, 6) is -0.494. The molecule has 0 atom stereocenters. The highest BCUT2D eigenvalue weighted by Gasteiger charge is 2.05. The summed E-state index contributed by atoms with van der Waals surface area (Å²) in [6.45, 7) is 1.71. The molecule has 0 aliphatic heterocycles. The Kier molecular flexibility index (Phi) is 3.45. The lowest BCUT2D eigenvalue weighted by Crippen LogP contribution is -2.41. The Morgan fingerprint density at radius 3 is 2.77 bits per heavy atom. The average molecular weight is 198 g/mol. The summed E-state index contributed by atoms with van der Waals surface area (Å²) >= 11 is 1.43. The van der Waals surface area contributed by atoms with Crippen molar-refractivity contribution in [1.82, 2.24) is 10.9 Å². The summed E-state index contributed by atoms with van der Waals surface area (Å²) in [5.41, 5.74) is 5.15. The van der Waals surface area contributed by atoms with Gasteiger partial charge in [-0.2, -0.15) is 11.3 Å². The van der Waals surface area contributed by atoms with Crippen LogP contribution in [0.1, 0.15) is 23.7 Å². The third-order valence-corrected chi connectivity index (χ3v) is 2.10. The fourth-order valence-electron chi connectivity index (χ4n) is 0.681. The summed E-state index contributed by atoms with van der Waals surface area (Å²) < 4.78 is 0. The van der Waals surface area contributed by atoms with E-state index in [1.165, 1.54) is 11.3 Å². The molecule has 0 bridgehead atoms. The highest BCUT2D eigenvalue weighted by Crippen LogP contribution is 2.04. The van der Waals surface area contributed by atoms with Crippen molar-refractivity contribution < 1.29 is 9.59 Å². The molecule has 1 heterocycles. The standard InChI is InChI=1S/C8H10N2O2S/c1-2-7(11)9-10-8(12)6-3-4-13-5-6/h3-5H,2H2,1H3,(H,9,11)(H,10,12). The van der Waals surface area contributed by atoms with E-state index in [0.29, 0.717) is 12.0 Å². The normalized spacial score (nSPS) is 9.31.